The summed E-state index contributed by atoms with van der Waals surface area (Å²) in [6.45, 7) is 7.70. The highest BCUT2D eigenvalue weighted by Gasteiger charge is 2.45. The molecule has 1 aliphatic heterocycles. The number of urea groups is 1. The largest absolute Gasteiger partial charge is 0.490 e. The molecule has 1 saturated heterocycles. The van der Waals surface area contributed by atoms with Crippen LogP contribution in [0.4, 0.5) is 16.2 Å². The predicted molar refractivity (Wildman–Crippen MR) is 157 cm³/mol. The van der Waals surface area contributed by atoms with Gasteiger partial charge in [-0.15, -0.1) is 0 Å². The summed E-state index contributed by atoms with van der Waals surface area (Å²) in [5, 5.41) is 8.49. The fraction of sp³-hybridized carbons (Fsp3) is 0.357. The SMILES string of the molecule is CCOc1cc2ncc(CC(N)=O)c(Nc3cccc(CNS(=O)(=O)CC4(C)NC(=O)NC4=O)c3C)c2cc1OCC. The fourth-order valence-electron chi connectivity index (χ4n) is 4.69. The number of nitrogens with one attached hydrogen (secondary N) is 4. The molecule has 1 atom stereocenters. The van der Waals surface area contributed by atoms with Crippen LogP contribution < -0.4 is 35.9 Å². The Morgan fingerprint density at radius 3 is 2.40 bits per heavy atom. The van der Waals surface area contributed by atoms with Gasteiger partial charge in [-0.05, 0) is 51.0 Å². The molecule has 0 radical (unpaired) electrons. The van der Waals surface area contributed by atoms with E-state index in [1.54, 1.807) is 30.5 Å². The first-order valence-corrected chi connectivity index (χ1v) is 15.0. The zero-order chi connectivity index (χ0) is 30.7. The van der Waals surface area contributed by atoms with Crippen molar-refractivity contribution in [2.75, 3.05) is 24.3 Å². The number of fused-ring (bicyclic) bond motifs is 1. The maximum absolute atomic E-state index is 12.8. The summed E-state index contributed by atoms with van der Waals surface area (Å²) in [5.41, 5.74) is 7.79. The van der Waals surface area contributed by atoms with Crippen molar-refractivity contribution in [1.29, 1.82) is 0 Å². The molecule has 13 nitrogen and oxygen atoms in total. The number of benzene rings is 2. The molecule has 4 rings (SSSR count). The lowest BCUT2D eigenvalue weighted by Gasteiger charge is -2.21. The quantitative estimate of drug-likeness (QED) is 0.183. The molecule has 1 aromatic heterocycles. The van der Waals surface area contributed by atoms with Crippen molar-refractivity contribution < 1.29 is 32.3 Å². The van der Waals surface area contributed by atoms with Crippen molar-refractivity contribution >= 4 is 50.1 Å². The molecule has 6 N–H and O–H groups in total. The van der Waals surface area contributed by atoms with Crippen molar-refractivity contribution in [3.63, 3.8) is 0 Å². The van der Waals surface area contributed by atoms with Gasteiger partial charge < -0.3 is 25.8 Å². The normalized spacial score (nSPS) is 16.7. The highest BCUT2D eigenvalue weighted by molar-refractivity contribution is 7.89. The van der Waals surface area contributed by atoms with E-state index in [9.17, 15) is 22.8 Å². The number of nitrogens with two attached hydrogens (primary N) is 1. The lowest BCUT2D eigenvalue weighted by atomic mass is 10.0. The Kier molecular flexibility index (Phi) is 8.87. The summed E-state index contributed by atoms with van der Waals surface area (Å²) in [5.74, 6) is -0.802. The number of aromatic nitrogens is 1. The molecule has 3 aromatic rings. The van der Waals surface area contributed by atoms with E-state index in [-0.39, 0.29) is 13.0 Å². The Morgan fingerprint density at radius 2 is 1.79 bits per heavy atom. The number of pyridine rings is 1. The monoisotopic (exact) mass is 598 g/mol. The van der Waals surface area contributed by atoms with Gasteiger partial charge in [0.25, 0.3) is 5.91 Å². The number of sulfonamides is 1. The average Bonchev–Trinajstić information content (AvgIpc) is 3.15. The molecular weight excluding hydrogens is 564 g/mol. The predicted octanol–water partition coefficient (Wildman–Crippen LogP) is 2.13. The molecule has 224 valence electrons. The van der Waals surface area contributed by atoms with E-state index in [1.165, 1.54) is 6.92 Å². The smallest absolute Gasteiger partial charge is 0.322 e. The van der Waals surface area contributed by atoms with Crippen LogP contribution in [0.3, 0.4) is 0 Å². The van der Waals surface area contributed by atoms with Crippen LogP contribution in [0.2, 0.25) is 0 Å². The van der Waals surface area contributed by atoms with E-state index >= 15 is 0 Å². The first-order valence-electron chi connectivity index (χ1n) is 13.3. The number of ether oxygens (including phenoxy) is 2. The van der Waals surface area contributed by atoms with Crippen molar-refractivity contribution in [1.82, 2.24) is 20.3 Å². The highest BCUT2D eigenvalue weighted by atomic mass is 32.2. The summed E-state index contributed by atoms with van der Waals surface area (Å²) in [7, 11) is -3.97. The van der Waals surface area contributed by atoms with Crippen molar-refractivity contribution in [3.05, 3.63) is 53.2 Å². The number of carbonyl (C=O) groups is 3. The summed E-state index contributed by atoms with van der Waals surface area (Å²) in [6.07, 6.45) is 1.52. The number of primary amides is 1. The van der Waals surface area contributed by atoms with E-state index in [0.29, 0.717) is 58.1 Å². The summed E-state index contributed by atoms with van der Waals surface area (Å²) >= 11 is 0. The number of hydrogen-bond acceptors (Lipinski definition) is 9. The minimum absolute atomic E-state index is 0.0627. The Bertz CT molecular complexity index is 1660. The zero-order valence-corrected chi connectivity index (χ0v) is 24.6. The minimum atomic E-state index is -3.97. The van der Waals surface area contributed by atoms with E-state index in [1.807, 2.05) is 26.8 Å². The topological polar surface area (TPSA) is 191 Å². The molecule has 42 heavy (non-hydrogen) atoms. The van der Waals surface area contributed by atoms with Gasteiger partial charge in [0.2, 0.25) is 15.9 Å². The molecule has 1 fully saturated rings. The van der Waals surface area contributed by atoms with E-state index in [0.717, 1.165) is 5.56 Å². The molecule has 2 aromatic carbocycles. The lowest BCUT2D eigenvalue weighted by molar-refractivity contribution is -0.122. The van der Waals surface area contributed by atoms with Crippen molar-refractivity contribution in [3.8, 4) is 11.5 Å². The first kappa shape index (κ1) is 30.5. The molecule has 0 spiro atoms. The molecule has 2 heterocycles. The van der Waals surface area contributed by atoms with Gasteiger partial charge in [0.05, 0.1) is 36.6 Å². The number of carbonyl (C=O) groups excluding carboxylic acids is 3. The number of imide groups is 1. The Labute approximate surface area is 243 Å². The summed E-state index contributed by atoms with van der Waals surface area (Å²) < 4.78 is 39.7. The van der Waals surface area contributed by atoms with Crippen molar-refractivity contribution in [2.24, 2.45) is 5.73 Å². The van der Waals surface area contributed by atoms with Crippen LogP contribution in [0.15, 0.2) is 36.5 Å². The maximum atomic E-state index is 12.8. The molecule has 0 aliphatic carbocycles. The lowest BCUT2D eigenvalue weighted by Crippen LogP contribution is -2.51. The van der Waals surface area contributed by atoms with Gasteiger partial charge in [-0.25, -0.2) is 17.9 Å². The van der Waals surface area contributed by atoms with Gasteiger partial charge in [0.15, 0.2) is 11.5 Å². The van der Waals surface area contributed by atoms with E-state index in [4.69, 9.17) is 15.2 Å². The minimum Gasteiger partial charge on any atom is -0.490 e. The third-order valence-corrected chi connectivity index (χ3v) is 8.30. The van der Waals surface area contributed by atoms with Crippen LogP contribution in [0.5, 0.6) is 11.5 Å². The van der Waals surface area contributed by atoms with Gasteiger partial charge in [0, 0.05) is 35.4 Å². The number of amides is 4. The molecule has 0 saturated carbocycles. The van der Waals surface area contributed by atoms with Gasteiger partial charge in [-0.1, -0.05) is 12.1 Å². The number of nitrogens with zero attached hydrogens (tertiary/aromatic N) is 1. The third-order valence-electron chi connectivity index (χ3n) is 6.76. The molecule has 14 heteroatoms. The Morgan fingerprint density at radius 1 is 1.10 bits per heavy atom. The van der Waals surface area contributed by atoms with Crippen molar-refractivity contribution in [2.45, 2.75) is 46.2 Å². The second kappa shape index (κ2) is 12.2. The number of anilines is 2. The van der Waals surface area contributed by atoms with Crippen LogP contribution in [-0.4, -0.2) is 55.8 Å². The highest BCUT2D eigenvalue weighted by Crippen LogP contribution is 2.38. The molecular formula is C28H34N6O7S. The maximum Gasteiger partial charge on any atom is 0.322 e. The average molecular weight is 599 g/mol. The standard InChI is InChI=1S/C28H34N6O7S/c1-5-40-22-11-19-21(12-23(22)41-6-2)30-13-18(10-24(29)35)25(19)32-20-9-7-8-17(16(20)3)14-31-42(38,39)15-28(4)26(36)33-27(37)34-28/h7-9,11-13,31H,5-6,10,14-15H2,1-4H3,(H2,29,35)(H,30,32)(H2,33,34,36,37). The molecule has 0 bridgehead atoms. The number of rotatable bonds is 13. The van der Waals surface area contributed by atoms with Gasteiger partial charge in [-0.2, -0.15) is 0 Å². The second-order valence-electron chi connectivity index (χ2n) is 10.0. The zero-order valence-electron chi connectivity index (χ0n) is 23.8. The first-order chi connectivity index (χ1) is 19.9. The Hall–Kier alpha value is -4.43. The Balaban J connectivity index is 1.66. The van der Waals surface area contributed by atoms with Gasteiger partial charge in [0.1, 0.15) is 5.54 Å². The van der Waals surface area contributed by atoms with Crippen LogP contribution in [0.1, 0.15) is 37.5 Å². The third kappa shape index (κ3) is 6.71. The second-order valence-corrected chi connectivity index (χ2v) is 11.8. The van der Waals surface area contributed by atoms with Gasteiger partial charge >= 0.3 is 6.03 Å². The summed E-state index contributed by atoms with van der Waals surface area (Å²) in [6, 6.07) is 8.19. The van der Waals surface area contributed by atoms with E-state index < -0.39 is 39.2 Å². The van der Waals surface area contributed by atoms with Crippen LogP contribution in [-0.2, 0) is 32.6 Å². The fourth-order valence-corrected chi connectivity index (χ4v) is 6.13. The van der Waals surface area contributed by atoms with Crippen LogP contribution >= 0.6 is 0 Å². The van der Waals surface area contributed by atoms with E-state index in [2.05, 4.69) is 25.7 Å². The van der Waals surface area contributed by atoms with Crippen LogP contribution in [0, 0.1) is 6.92 Å². The van der Waals surface area contributed by atoms with Gasteiger partial charge in [-0.3, -0.25) is 19.9 Å². The molecule has 4 amide bonds. The van der Waals surface area contributed by atoms with Crippen LogP contribution in [0.25, 0.3) is 10.9 Å². The summed E-state index contributed by atoms with van der Waals surface area (Å²) in [4.78, 5) is 40.0. The number of hydrogen-bond donors (Lipinski definition) is 5. The molecule has 1 unspecified atom stereocenters. The molecule has 1 aliphatic rings.